The van der Waals surface area contributed by atoms with Crippen LogP contribution in [0.15, 0.2) is 34.7 Å². The number of methoxy groups -OCH3 is 1. The molecule has 1 aromatic rings. The zero-order valence-electron chi connectivity index (χ0n) is 18.2. The minimum absolute atomic E-state index is 0.0970. The number of allylic oxidation sites excluding steroid dienone is 4. The van der Waals surface area contributed by atoms with E-state index in [4.69, 9.17) is 14.6 Å². The van der Waals surface area contributed by atoms with E-state index in [9.17, 15) is 14.4 Å². The molecular weight excluding hydrogens is 525 g/mol. The fourth-order valence-corrected chi connectivity index (χ4v) is 5.89. The number of ether oxygens (including phenoxy) is 2. The first kappa shape index (κ1) is 22.8. The summed E-state index contributed by atoms with van der Waals surface area (Å²) in [6, 6.07) is 3.66. The highest BCUT2D eigenvalue weighted by molar-refractivity contribution is 14.1. The topological polar surface area (TPSA) is 93.1 Å². The van der Waals surface area contributed by atoms with Crippen LogP contribution in [0.5, 0.6) is 11.5 Å². The number of aliphatic carboxylic acids is 1. The lowest BCUT2D eigenvalue weighted by molar-refractivity contribution is -0.139. The number of carboxylic acids is 1. The molecule has 0 aromatic heterocycles. The summed E-state index contributed by atoms with van der Waals surface area (Å²) in [5, 5.41) is 8.99. The maximum absolute atomic E-state index is 13.2. The maximum atomic E-state index is 13.2. The Balaban J connectivity index is 1.90. The predicted molar refractivity (Wildman–Crippen MR) is 126 cm³/mol. The minimum atomic E-state index is -1.08. The normalized spacial score (nSPS) is 19.2. The van der Waals surface area contributed by atoms with Crippen molar-refractivity contribution in [2.24, 2.45) is 0 Å². The third kappa shape index (κ3) is 3.93. The first-order valence-corrected chi connectivity index (χ1v) is 12.0. The van der Waals surface area contributed by atoms with Crippen LogP contribution in [0, 0.1) is 3.57 Å². The summed E-state index contributed by atoms with van der Waals surface area (Å²) >= 11 is 2.08. The average molecular weight is 551 g/mol. The number of halogens is 1. The molecule has 0 bridgehead atoms. The Hall–Kier alpha value is -2.36. The number of benzene rings is 1. The van der Waals surface area contributed by atoms with Gasteiger partial charge in [-0.25, -0.2) is 4.79 Å². The van der Waals surface area contributed by atoms with Gasteiger partial charge in [0.25, 0.3) is 0 Å². The van der Waals surface area contributed by atoms with E-state index in [2.05, 4.69) is 34.4 Å². The van der Waals surface area contributed by atoms with Crippen LogP contribution in [0.1, 0.15) is 56.9 Å². The number of hydrogen-bond acceptors (Lipinski definition) is 6. The minimum Gasteiger partial charge on any atom is -0.493 e. The van der Waals surface area contributed by atoms with E-state index < -0.39 is 18.5 Å². The monoisotopic (exact) mass is 551 g/mol. The van der Waals surface area contributed by atoms with Gasteiger partial charge >= 0.3 is 5.97 Å². The molecule has 32 heavy (non-hydrogen) atoms. The van der Waals surface area contributed by atoms with Gasteiger partial charge in [0, 0.05) is 47.8 Å². The highest BCUT2D eigenvalue weighted by Gasteiger charge is 2.43. The van der Waals surface area contributed by atoms with E-state index in [1.165, 1.54) is 7.11 Å². The molecule has 4 rings (SSSR count). The third-order valence-electron chi connectivity index (χ3n) is 6.33. The van der Waals surface area contributed by atoms with Crippen LogP contribution in [0.3, 0.4) is 0 Å². The van der Waals surface area contributed by atoms with Gasteiger partial charge in [-0.3, -0.25) is 9.59 Å². The van der Waals surface area contributed by atoms with Crippen molar-refractivity contribution in [1.29, 1.82) is 0 Å². The molecule has 0 unspecified atom stereocenters. The molecule has 0 radical (unpaired) electrons. The van der Waals surface area contributed by atoms with E-state index in [0.29, 0.717) is 27.9 Å². The van der Waals surface area contributed by atoms with Gasteiger partial charge in [0.05, 0.1) is 10.7 Å². The van der Waals surface area contributed by atoms with Crippen molar-refractivity contribution in [3.05, 3.63) is 43.8 Å². The van der Waals surface area contributed by atoms with Crippen LogP contribution >= 0.6 is 22.6 Å². The van der Waals surface area contributed by atoms with E-state index >= 15 is 0 Å². The molecular formula is C24H26INO6. The molecule has 3 aliphatic rings. The Kier molecular flexibility index (Phi) is 6.60. The molecule has 2 aliphatic carbocycles. The van der Waals surface area contributed by atoms with Crippen molar-refractivity contribution >= 4 is 40.1 Å². The molecule has 0 saturated heterocycles. The molecule has 1 heterocycles. The Morgan fingerprint density at radius 1 is 1.09 bits per heavy atom. The second kappa shape index (κ2) is 9.25. The van der Waals surface area contributed by atoms with Crippen LogP contribution in [-0.4, -0.2) is 47.8 Å². The number of ketones is 2. The van der Waals surface area contributed by atoms with Crippen LogP contribution < -0.4 is 9.47 Å². The van der Waals surface area contributed by atoms with Crippen molar-refractivity contribution in [3.8, 4) is 11.5 Å². The van der Waals surface area contributed by atoms with Crippen LogP contribution in [0.4, 0.5) is 0 Å². The Bertz CT molecular complexity index is 1010. The smallest absolute Gasteiger partial charge is 0.341 e. The zero-order chi connectivity index (χ0) is 23.0. The summed E-state index contributed by atoms with van der Waals surface area (Å²) in [7, 11) is 1.50. The number of rotatable bonds is 6. The van der Waals surface area contributed by atoms with Crippen molar-refractivity contribution in [2.75, 3.05) is 20.3 Å². The molecule has 0 saturated carbocycles. The van der Waals surface area contributed by atoms with Gasteiger partial charge in [-0.1, -0.05) is 0 Å². The Morgan fingerprint density at radius 3 is 2.19 bits per heavy atom. The first-order chi connectivity index (χ1) is 15.4. The SMILES string of the molecule is CCN1C2=C(C(=O)CCC2)C(c2cc(I)c(OCC(=O)O)c(OC)c2)C2=C1CCCC2=O. The van der Waals surface area contributed by atoms with Gasteiger partial charge in [0.15, 0.2) is 29.7 Å². The number of carbonyl (C=O) groups excluding carboxylic acids is 2. The molecule has 1 N–H and O–H groups in total. The van der Waals surface area contributed by atoms with E-state index in [1.54, 1.807) is 6.07 Å². The lowest BCUT2D eigenvalue weighted by atomic mass is 9.71. The van der Waals surface area contributed by atoms with Gasteiger partial charge in [0.2, 0.25) is 0 Å². The van der Waals surface area contributed by atoms with Gasteiger partial charge in [-0.15, -0.1) is 0 Å². The van der Waals surface area contributed by atoms with E-state index in [1.807, 2.05) is 6.07 Å². The molecule has 0 spiro atoms. The zero-order valence-corrected chi connectivity index (χ0v) is 20.4. The summed E-state index contributed by atoms with van der Waals surface area (Å²) in [6.45, 7) is 2.31. The fraction of sp³-hybridized carbons (Fsp3) is 0.458. The predicted octanol–water partition coefficient (Wildman–Crippen LogP) is 4.20. The van der Waals surface area contributed by atoms with Crippen LogP contribution in [0.2, 0.25) is 0 Å². The Labute approximate surface area is 200 Å². The summed E-state index contributed by atoms with van der Waals surface area (Å²) in [6.07, 6.45) is 4.25. The molecule has 0 amide bonds. The van der Waals surface area contributed by atoms with Gasteiger partial charge in [-0.05, 0) is 72.9 Å². The largest absolute Gasteiger partial charge is 0.493 e. The highest BCUT2D eigenvalue weighted by atomic mass is 127. The summed E-state index contributed by atoms with van der Waals surface area (Å²) in [4.78, 5) is 39.6. The summed E-state index contributed by atoms with van der Waals surface area (Å²) < 4.78 is 11.7. The molecule has 0 fully saturated rings. The van der Waals surface area contributed by atoms with Gasteiger partial charge in [-0.2, -0.15) is 0 Å². The molecule has 0 atom stereocenters. The van der Waals surface area contributed by atoms with Crippen molar-refractivity contribution < 1.29 is 29.0 Å². The number of nitrogens with zero attached hydrogens (tertiary/aromatic N) is 1. The second-order valence-corrected chi connectivity index (χ2v) is 9.33. The number of Topliss-reactive ketones (excluding diaryl/α,β-unsaturated/α-hetero) is 2. The fourth-order valence-electron chi connectivity index (χ4n) is 5.11. The highest BCUT2D eigenvalue weighted by Crippen LogP contribution is 2.50. The molecule has 1 aliphatic heterocycles. The average Bonchev–Trinajstić information content (AvgIpc) is 2.76. The van der Waals surface area contributed by atoms with Crippen LogP contribution in [0.25, 0.3) is 0 Å². The molecule has 1 aromatic carbocycles. The summed E-state index contributed by atoms with van der Waals surface area (Å²) in [5.74, 6) is -0.580. The Morgan fingerprint density at radius 2 is 1.69 bits per heavy atom. The number of carboxylic acid groups (broad SMARTS) is 1. The lowest BCUT2D eigenvalue weighted by Gasteiger charge is -2.43. The molecule has 170 valence electrons. The van der Waals surface area contributed by atoms with Gasteiger partial charge < -0.3 is 19.5 Å². The molecule has 8 heteroatoms. The van der Waals surface area contributed by atoms with E-state index in [-0.39, 0.29) is 11.6 Å². The number of carbonyl (C=O) groups is 3. The van der Waals surface area contributed by atoms with Gasteiger partial charge in [0.1, 0.15) is 0 Å². The standard InChI is InChI=1S/C24H26INO6/c1-3-26-15-6-4-8-17(27)22(15)21(23-16(26)7-5-9-18(23)28)13-10-14(25)24(19(11-13)31-2)32-12-20(29)30/h10-11,21H,3-9,12H2,1-2H3,(H,29,30). The third-order valence-corrected chi connectivity index (χ3v) is 7.13. The van der Waals surface area contributed by atoms with Crippen molar-refractivity contribution in [2.45, 2.75) is 51.4 Å². The van der Waals surface area contributed by atoms with Crippen molar-refractivity contribution in [3.63, 3.8) is 0 Å². The first-order valence-electron chi connectivity index (χ1n) is 10.9. The lowest BCUT2D eigenvalue weighted by Crippen LogP contribution is -2.39. The van der Waals surface area contributed by atoms with E-state index in [0.717, 1.165) is 60.3 Å². The number of hydrogen-bond donors (Lipinski definition) is 1. The van der Waals surface area contributed by atoms with Crippen molar-refractivity contribution in [1.82, 2.24) is 4.90 Å². The second-order valence-electron chi connectivity index (χ2n) is 8.17. The molecule has 7 nitrogen and oxygen atoms in total. The van der Waals surface area contributed by atoms with Crippen LogP contribution in [-0.2, 0) is 14.4 Å². The quantitative estimate of drug-likeness (QED) is 0.530. The maximum Gasteiger partial charge on any atom is 0.341 e. The summed E-state index contributed by atoms with van der Waals surface area (Å²) in [5.41, 5.74) is 4.34.